The predicted molar refractivity (Wildman–Crippen MR) is 52.1 cm³/mol. The molecule has 0 aliphatic heterocycles. The Kier molecular flexibility index (Phi) is 3.23. The summed E-state index contributed by atoms with van der Waals surface area (Å²) in [4.78, 5) is 14.5. The lowest BCUT2D eigenvalue weighted by atomic mass is 10.2. The van der Waals surface area contributed by atoms with Gasteiger partial charge in [0.25, 0.3) is 0 Å². The Bertz CT molecular complexity index is 354. The van der Waals surface area contributed by atoms with Crippen molar-refractivity contribution in [3.63, 3.8) is 0 Å². The van der Waals surface area contributed by atoms with Gasteiger partial charge in [-0.1, -0.05) is 0 Å². The highest BCUT2D eigenvalue weighted by Gasteiger charge is 2.00. The number of carboxylic acids is 1. The molecule has 4 heteroatoms. The van der Waals surface area contributed by atoms with Crippen LogP contribution in [0.1, 0.15) is 12.5 Å². The van der Waals surface area contributed by atoms with Gasteiger partial charge in [-0.3, -0.25) is 0 Å². The Labute approximate surface area is 81.9 Å². The summed E-state index contributed by atoms with van der Waals surface area (Å²) in [6.45, 7) is 1.53. The van der Waals surface area contributed by atoms with Crippen LogP contribution in [0.4, 0.5) is 0 Å². The SMILES string of the molecule is COc1ccc(C=C(C)C(=O)O)cn1. The maximum Gasteiger partial charge on any atom is 0.331 e. The molecule has 0 saturated heterocycles. The molecule has 1 aromatic rings. The third-order valence-electron chi connectivity index (χ3n) is 1.69. The molecule has 0 fully saturated rings. The molecule has 0 radical (unpaired) electrons. The molecule has 1 N–H and O–H groups in total. The maximum absolute atomic E-state index is 10.5. The van der Waals surface area contributed by atoms with Crippen LogP contribution in [0.2, 0.25) is 0 Å². The van der Waals surface area contributed by atoms with Crippen molar-refractivity contribution in [3.8, 4) is 5.88 Å². The predicted octanol–water partition coefficient (Wildman–Crippen LogP) is 1.58. The molecule has 14 heavy (non-hydrogen) atoms. The number of aliphatic carboxylic acids is 1. The first-order chi connectivity index (χ1) is 6.63. The molecule has 0 bridgehead atoms. The van der Waals surface area contributed by atoms with Crippen molar-refractivity contribution in [2.24, 2.45) is 0 Å². The number of hydrogen-bond acceptors (Lipinski definition) is 3. The van der Waals surface area contributed by atoms with Gasteiger partial charge in [0.05, 0.1) is 7.11 Å². The summed E-state index contributed by atoms with van der Waals surface area (Å²) in [6.07, 6.45) is 3.11. The van der Waals surface area contributed by atoms with Crippen LogP contribution in [0.25, 0.3) is 6.08 Å². The minimum Gasteiger partial charge on any atom is -0.481 e. The molecule has 1 heterocycles. The average molecular weight is 193 g/mol. The maximum atomic E-state index is 10.5. The molecular formula is C10H11NO3. The molecule has 0 aromatic carbocycles. The molecule has 1 aromatic heterocycles. The van der Waals surface area contributed by atoms with Gasteiger partial charge in [0.2, 0.25) is 5.88 Å². The highest BCUT2D eigenvalue weighted by atomic mass is 16.5. The molecule has 0 amide bonds. The first-order valence-electron chi connectivity index (χ1n) is 4.05. The Morgan fingerprint density at radius 2 is 2.29 bits per heavy atom. The highest BCUT2D eigenvalue weighted by molar-refractivity contribution is 5.91. The number of hydrogen-bond donors (Lipinski definition) is 1. The van der Waals surface area contributed by atoms with E-state index in [0.717, 1.165) is 5.56 Å². The average Bonchev–Trinajstić information content (AvgIpc) is 2.19. The smallest absolute Gasteiger partial charge is 0.331 e. The van der Waals surface area contributed by atoms with Crippen molar-refractivity contribution < 1.29 is 14.6 Å². The van der Waals surface area contributed by atoms with Gasteiger partial charge in [-0.15, -0.1) is 0 Å². The van der Waals surface area contributed by atoms with Gasteiger partial charge in [-0.05, 0) is 24.6 Å². The number of ether oxygens (including phenoxy) is 1. The van der Waals surface area contributed by atoms with Crippen LogP contribution in [0, 0.1) is 0 Å². The second-order valence-corrected chi connectivity index (χ2v) is 2.77. The summed E-state index contributed by atoms with van der Waals surface area (Å²) in [5, 5.41) is 8.63. The monoisotopic (exact) mass is 193 g/mol. The van der Waals surface area contributed by atoms with Gasteiger partial charge < -0.3 is 9.84 Å². The third kappa shape index (κ3) is 2.58. The van der Waals surface area contributed by atoms with Crippen molar-refractivity contribution in [1.29, 1.82) is 0 Å². The number of methoxy groups -OCH3 is 1. The van der Waals surface area contributed by atoms with Crippen molar-refractivity contribution in [2.45, 2.75) is 6.92 Å². The van der Waals surface area contributed by atoms with Gasteiger partial charge in [0.1, 0.15) is 0 Å². The van der Waals surface area contributed by atoms with Crippen molar-refractivity contribution in [2.75, 3.05) is 7.11 Å². The summed E-state index contributed by atoms with van der Waals surface area (Å²) in [5.74, 6) is -0.420. The van der Waals surface area contributed by atoms with Crippen LogP contribution in [0.15, 0.2) is 23.9 Å². The fourth-order valence-electron chi connectivity index (χ4n) is 0.910. The van der Waals surface area contributed by atoms with E-state index in [1.54, 1.807) is 24.4 Å². The van der Waals surface area contributed by atoms with Crippen LogP contribution in [-0.4, -0.2) is 23.2 Å². The zero-order valence-corrected chi connectivity index (χ0v) is 8.02. The van der Waals surface area contributed by atoms with E-state index in [4.69, 9.17) is 9.84 Å². The molecule has 0 saturated carbocycles. The lowest BCUT2D eigenvalue weighted by molar-refractivity contribution is -0.132. The standard InChI is InChI=1S/C10H11NO3/c1-7(10(12)13)5-8-3-4-9(14-2)11-6-8/h3-6H,1-2H3,(H,12,13). The molecule has 1 rings (SSSR count). The number of carboxylic acid groups (broad SMARTS) is 1. The number of nitrogens with zero attached hydrogens (tertiary/aromatic N) is 1. The van der Waals surface area contributed by atoms with Crippen molar-refractivity contribution in [3.05, 3.63) is 29.5 Å². The Morgan fingerprint density at radius 1 is 1.57 bits per heavy atom. The normalized spacial score (nSPS) is 11.1. The summed E-state index contributed by atoms with van der Waals surface area (Å²) in [6, 6.07) is 3.43. The summed E-state index contributed by atoms with van der Waals surface area (Å²) in [7, 11) is 1.53. The first kappa shape index (κ1) is 10.2. The van der Waals surface area contributed by atoms with Gasteiger partial charge >= 0.3 is 5.97 Å². The van der Waals surface area contributed by atoms with E-state index in [0.29, 0.717) is 5.88 Å². The zero-order valence-electron chi connectivity index (χ0n) is 8.02. The van der Waals surface area contributed by atoms with Crippen LogP contribution in [0.5, 0.6) is 5.88 Å². The Balaban J connectivity index is 2.88. The van der Waals surface area contributed by atoms with E-state index in [2.05, 4.69) is 4.98 Å². The van der Waals surface area contributed by atoms with Gasteiger partial charge in [0, 0.05) is 17.8 Å². The first-order valence-corrected chi connectivity index (χ1v) is 4.05. The summed E-state index contributed by atoms with van der Waals surface area (Å²) < 4.78 is 4.87. The fraction of sp³-hybridized carbons (Fsp3) is 0.200. The highest BCUT2D eigenvalue weighted by Crippen LogP contribution is 2.10. The molecule has 0 unspecified atom stereocenters. The lowest BCUT2D eigenvalue weighted by Crippen LogP contribution is -1.95. The topological polar surface area (TPSA) is 59.4 Å². The van der Waals surface area contributed by atoms with Crippen molar-refractivity contribution in [1.82, 2.24) is 4.98 Å². The lowest BCUT2D eigenvalue weighted by Gasteiger charge is -1.98. The second kappa shape index (κ2) is 4.41. The molecule has 4 nitrogen and oxygen atoms in total. The van der Waals surface area contributed by atoms with Gasteiger partial charge in [0.15, 0.2) is 0 Å². The number of rotatable bonds is 3. The molecule has 0 spiro atoms. The zero-order chi connectivity index (χ0) is 10.6. The Morgan fingerprint density at radius 3 is 2.71 bits per heavy atom. The molecule has 74 valence electrons. The molecule has 0 aliphatic rings. The molecule has 0 aliphatic carbocycles. The van der Waals surface area contributed by atoms with E-state index in [9.17, 15) is 4.79 Å². The molecule has 0 atom stereocenters. The van der Waals surface area contributed by atoms with Gasteiger partial charge in [-0.2, -0.15) is 0 Å². The van der Waals surface area contributed by atoms with E-state index < -0.39 is 5.97 Å². The van der Waals surface area contributed by atoms with E-state index >= 15 is 0 Å². The molecular weight excluding hydrogens is 182 g/mol. The minimum atomic E-state index is -0.930. The van der Waals surface area contributed by atoms with Gasteiger partial charge in [-0.25, -0.2) is 9.78 Å². The van der Waals surface area contributed by atoms with E-state index in [-0.39, 0.29) is 5.57 Å². The second-order valence-electron chi connectivity index (χ2n) is 2.77. The Hall–Kier alpha value is -1.84. The van der Waals surface area contributed by atoms with Crippen LogP contribution < -0.4 is 4.74 Å². The quantitative estimate of drug-likeness (QED) is 0.740. The summed E-state index contributed by atoms with van der Waals surface area (Å²) >= 11 is 0. The fourth-order valence-corrected chi connectivity index (χ4v) is 0.910. The van der Waals surface area contributed by atoms with Crippen LogP contribution in [0.3, 0.4) is 0 Å². The summed E-state index contributed by atoms with van der Waals surface area (Å²) in [5.41, 5.74) is 1.02. The number of aromatic nitrogens is 1. The van der Waals surface area contributed by atoms with Crippen molar-refractivity contribution >= 4 is 12.0 Å². The van der Waals surface area contributed by atoms with Crippen LogP contribution >= 0.6 is 0 Å². The van der Waals surface area contributed by atoms with E-state index in [1.807, 2.05) is 0 Å². The number of carbonyl (C=O) groups is 1. The largest absolute Gasteiger partial charge is 0.481 e. The third-order valence-corrected chi connectivity index (χ3v) is 1.69. The minimum absolute atomic E-state index is 0.275. The van der Waals surface area contributed by atoms with Crippen LogP contribution in [-0.2, 0) is 4.79 Å². The number of pyridine rings is 1. The van der Waals surface area contributed by atoms with E-state index in [1.165, 1.54) is 14.0 Å².